The van der Waals surface area contributed by atoms with Crippen molar-refractivity contribution in [2.45, 2.75) is 11.8 Å². The highest BCUT2D eigenvalue weighted by molar-refractivity contribution is 7.85. The molecule has 6 nitrogen and oxygen atoms in total. The Morgan fingerprint density at radius 3 is 2.27 bits per heavy atom. The fourth-order valence-corrected chi connectivity index (χ4v) is 4.80. The largest absolute Gasteiger partial charge is 0.744 e. The van der Waals surface area contributed by atoms with Crippen molar-refractivity contribution in [1.29, 1.82) is 0 Å². The van der Waals surface area contributed by atoms with Crippen LogP contribution in [0, 0.1) is 6.92 Å². The molecule has 1 aromatic heterocycles. The Labute approximate surface area is 178 Å². The molecule has 4 rings (SSSR count). The normalized spacial score (nSPS) is 11.0. The van der Waals surface area contributed by atoms with Crippen LogP contribution >= 0.6 is 11.3 Å². The number of benzene rings is 3. The number of aryl methyl sites for hydroxylation is 2. The predicted octanol–water partition coefficient (Wildman–Crippen LogP) is 3.81. The highest BCUT2D eigenvalue weighted by Crippen LogP contribution is 2.28. The lowest BCUT2D eigenvalue weighted by atomic mass is 10.1. The van der Waals surface area contributed by atoms with Crippen molar-refractivity contribution < 1.29 is 27.4 Å². The molecule has 8 heteroatoms. The molecule has 0 saturated heterocycles. The van der Waals surface area contributed by atoms with Gasteiger partial charge in [0.2, 0.25) is 5.52 Å². The van der Waals surface area contributed by atoms with Crippen LogP contribution in [0.15, 0.2) is 71.6 Å². The summed E-state index contributed by atoms with van der Waals surface area (Å²) in [6, 6.07) is 19.7. The lowest BCUT2D eigenvalue weighted by molar-refractivity contribution is -0.629. The third-order valence-corrected chi connectivity index (χ3v) is 6.72. The second-order valence-electron chi connectivity index (χ2n) is 6.58. The number of thiazole rings is 1. The molecule has 0 fully saturated rings. The van der Waals surface area contributed by atoms with E-state index in [1.54, 1.807) is 11.3 Å². The van der Waals surface area contributed by atoms with Gasteiger partial charge in [0, 0.05) is 11.6 Å². The SMILES string of the molecule is C[n+]1c(-c2ccc(C=O)cc2)sc2ccccc21.Cc1ccc(O)cc1S(=O)(=O)[O-]. The minimum absolute atomic E-state index is 0.227. The first-order chi connectivity index (χ1) is 14.2. The van der Waals surface area contributed by atoms with Gasteiger partial charge in [-0.05, 0) is 42.8 Å². The molecule has 0 aliphatic heterocycles. The van der Waals surface area contributed by atoms with Gasteiger partial charge >= 0.3 is 0 Å². The summed E-state index contributed by atoms with van der Waals surface area (Å²) in [5, 5.41) is 10.1. The summed E-state index contributed by atoms with van der Waals surface area (Å²) < 4.78 is 35.1. The van der Waals surface area contributed by atoms with Gasteiger partial charge < -0.3 is 9.66 Å². The number of hydrogen-bond acceptors (Lipinski definition) is 6. The summed E-state index contributed by atoms with van der Waals surface area (Å²) >= 11 is 1.77. The number of carbonyl (C=O) groups is 1. The van der Waals surface area contributed by atoms with Crippen molar-refractivity contribution in [2.24, 2.45) is 7.05 Å². The van der Waals surface area contributed by atoms with E-state index in [9.17, 15) is 17.8 Å². The van der Waals surface area contributed by atoms with Crippen molar-refractivity contribution in [3.8, 4) is 16.3 Å². The van der Waals surface area contributed by atoms with E-state index in [0.29, 0.717) is 11.1 Å². The first-order valence-corrected chi connectivity index (χ1v) is 11.1. The van der Waals surface area contributed by atoms with Crippen LogP contribution in [0.4, 0.5) is 0 Å². The fraction of sp³-hybridized carbons (Fsp3) is 0.0909. The smallest absolute Gasteiger partial charge is 0.269 e. The quantitative estimate of drug-likeness (QED) is 0.296. The number of phenols is 1. The Bertz CT molecular complexity index is 1310. The molecule has 3 aromatic carbocycles. The van der Waals surface area contributed by atoms with Crippen molar-refractivity contribution in [3.63, 3.8) is 0 Å². The molecule has 1 heterocycles. The zero-order valence-corrected chi connectivity index (χ0v) is 17.9. The van der Waals surface area contributed by atoms with E-state index < -0.39 is 10.1 Å². The van der Waals surface area contributed by atoms with E-state index in [-0.39, 0.29) is 10.6 Å². The van der Waals surface area contributed by atoms with Crippen LogP contribution in [0.1, 0.15) is 15.9 Å². The summed E-state index contributed by atoms with van der Waals surface area (Å²) in [5.74, 6) is -0.227. The second kappa shape index (κ2) is 8.74. The number of aromatic hydroxyl groups is 1. The zero-order valence-electron chi connectivity index (χ0n) is 16.3. The predicted molar refractivity (Wildman–Crippen MR) is 115 cm³/mol. The summed E-state index contributed by atoms with van der Waals surface area (Å²) in [6.07, 6.45) is 0.870. The third-order valence-electron chi connectivity index (χ3n) is 4.47. The third kappa shape index (κ3) is 4.73. The molecule has 0 aliphatic rings. The number of nitrogens with zero attached hydrogens (tertiary/aromatic N) is 1. The van der Waals surface area contributed by atoms with E-state index in [1.165, 1.54) is 34.3 Å². The maximum atomic E-state index is 10.7. The molecular weight excluding hydrogens is 422 g/mol. The zero-order chi connectivity index (χ0) is 21.9. The van der Waals surface area contributed by atoms with Crippen molar-refractivity contribution in [3.05, 3.63) is 77.9 Å². The molecule has 0 spiro atoms. The molecule has 30 heavy (non-hydrogen) atoms. The first kappa shape index (κ1) is 21.6. The summed E-state index contributed by atoms with van der Waals surface area (Å²) in [4.78, 5) is 10.3. The number of rotatable bonds is 3. The van der Waals surface area contributed by atoms with Crippen LogP contribution in [-0.4, -0.2) is 24.4 Å². The number of para-hydroxylation sites is 1. The molecule has 4 aromatic rings. The topological polar surface area (TPSA) is 98.4 Å². The Balaban J connectivity index is 0.000000187. The van der Waals surface area contributed by atoms with Crippen LogP contribution in [0.3, 0.4) is 0 Å². The molecule has 0 radical (unpaired) electrons. The van der Waals surface area contributed by atoms with Gasteiger partial charge in [-0.15, -0.1) is 0 Å². The molecule has 0 atom stereocenters. The monoisotopic (exact) mass is 441 g/mol. The van der Waals surface area contributed by atoms with Crippen LogP contribution in [-0.2, 0) is 17.2 Å². The van der Waals surface area contributed by atoms with Crippen LogP contribution in [0.2, 0.25) is 0 Å². The summed E-state index contributed by atoms with van der Waals surface area (Å²) in [6.45, 7) is 1.49. The Morgan fingerprint density at radius 2 is 1.70 bits per heavy atom. The maximum Gasteiger partial charge on any atom is 0.269 e. The molecule has 0 aliphatic carbocycles. The minimum Gasteiger partial charge on any atom is -0.744 e. The van der Waals surface area contributed by atoms with E-state index in [2.05, 4.69) is 29.8 Å². The number of aromatic nitrogens is 1. The van der Waals surface area contributed by atoms with Crippen LogP contribution < -0.4 is 4.57 Å². The standard InChI is InChI=1S/C15H12NOS.C7H8O4S/c1-16-13-4-2-3-5-14(13)18-15(16)12-8-6-11(10-17)7-9-12;1-5-2-3-6(8)4-7(5)12(9,10)11/h2-10H,1H3;2-4,8H,1H3,(H,9,10,11)/q+1;/p-1. The van der Waals surface area contributed by atoms with Gasteiger partial charge in [-0.3, -0.25) is 4.79 Å². The van der Waals surface area contributed by atoms with Gasteiger partial charge in [0.1, 0.15) is 33.9 Å². The Morgan fingerprint density at radius 1 is 1.03 bits per heavy atom. The lowest BCUT2D eigenvalue weighted by Crippen LogP contribution is -2.28. The second-order valence-corrected chi connectivity index (χ2v) is 8.96. The number of hydrogen-bond donors (Lipinski definition) is 1. The maximum absolute atomic E-state index is 10.7. The molecule has 0 amide bonds. The molecule has 0 saturated carbocycles. The van der Waals surface area contributed by atoms with Crippen molar-refractivity contribution in [2.75, 3.05) is 0 Å². The molecular formula is C22H19NO5S2. The van der Waals surface area contributed by atoms with Crippen molar-refractivity contribution in [1.82, 2.24) is 0 Å². The van der Waals surface area contributed by atoms with E-state index in [1.807, 2.05) is 30.3 Å². The molecule has 0 bridgehead atoms. The highest BCUT2D eigenvalue weighted by atomic mass is 32.2. The molecule has 0 unspecified atom stereocenters. The number of aldehydes is 1. The van der Waals surface area contributed by atoms with E-state index in [0.717, 1.165) is 17.9 Å². The van der Waals surface area contributed by atoms with Crippen LogP contribution in [0.25, 0.3) is 20.8 Å². The number of fused-ring (bicyclic) bond motifs is 1. The van der Waals surface area contributed by atoms with Gasteiger partial charge in [0.05, 0.1) is 10.5 Å². The fourth-order valence-electron chi connectivity index (χ4n) is 2.92. The Hall–Kier alpha value is -3.07. The highest BCUT2D eigenvalue weighted by Gasteiger charge is 2.17. The van der Waals surface area contributed by atoms with Crippen molar-refractivity contribution >= 4 is 38.0 Å². The van der Waals surface area contributed by atoms with Crippen LogP contribution in [0.5, 0.6) is 5.75 Å². The van der Waals surface area contributed by atoms with Gasteiger partial charge in [0.25, 0.3) is 5.01 Å². The first-order valence-electron chi connectivity index (χ1n) is 8.89. The van der Waals surface area contributed by atoms with Gasteiger partial charge in [-0.2, -0.15) is 4.57 Å². The van der Waals surface area contributed by atoms with Gasteiger partial charge in [-0.25, -0.2) is 8.42 Å². The number of carbonyl (C=O) groups excluding carboxylic acids is 1. The average molecular weight is 442 g/mol. The molecule has 1 N–H and O–H groups in total. The Kier molecular flexibility index (Phi) is 6.31. The lowest BCUT2D eigenvalue weighted by Gasteiger charge is -2.09. The van der Waals surface area contributed by atoms with E-state index >= 15 is 0 Å². The van der Waals surface area contributed by atoms with E-state index in [4.69, 9.17) is 5.11 Å². The number of phenolic OH excluding ortho intramolecular Hbond substituents is 1. The molecule has 154 valence electrons. The van der Waals surface area contributed by atoms with Gasteiger partial charge in [-0.1, -0.05) is 41.7 Å². The minimum atomic E-state index is -4.47. The van der Waals surface area contributed by atoms with Gasteiger partial charge in [0.15, 0.2) is 0 Å². The average Bonchev–Trinajstić information content (AvgIpc) is 3.06. The summed E-state index contributed by atoms with van der Waals surface area (Å²) in [5.41, 5.74) is 3.42. The summed E-state index contributed by atoms with van der Waals surface area (Å²) in [7, 11) is -2.39.